The number of pyridine rings is 2. The van der Waals surface area contributed by atoms with Gasteiger partial charge in [-0.25, -0.2) is 0 Å². The van der Waals surface area contributed by atoms with E-state index in [9.17, 15) is 30.0 Å². The Morgan fingerprint density at radius 2 is 0.974 bits per heavy atom. The molecular formula is C60H70Cl2N6O10. The molecule has 18 heteroatoms. The Hall–Kier alpha value is -6.92. The van der Waals surface area contributed by atoms with Gasteiger partial charge in [-0.15, -0.1) is 0 Å². The number of benzene rings is 4. The monoisotopic (exact) mass is 1100 g/mol. The molecule has 0 saturated carbocycles. The number of aliphatic imine (C=N–C) groups is 2. The topological polar surface area (TPSA) is 209 Å². The molecule has 0 aliphatic heterocycles. The Morgan fingerprint density at radius 1 is 0.577 bits per heavy atom. The normalized spacial score (nSPS) is 12.4. The van der Waals surface area contributed by atoms with Gasteiger partial charge in [-0.3, -0.25) is 39.3 Å². The van der Waals surface area contributed by atoms with E-state index in [4.69, 9.17) is 42.1 Å². The van der Waals surface area contributed by atoms with Crippen LogP contribution in [0.3, 0.4) is 0 Å². The van der Waals surface area contributed by atoms with Gasteiger partial charge in [0.1, 0.15) is 61.5 Å². The van der Waals surface area contributed by atoms with Crippen molar-refractivity contribution in [3.63, 3.8) is 0 Å². The van der Waals surface area contributed by atoms with Crippen LogP contribution in [-0.2, 0) is 49.1 Å². The summed E-state index contributed by atoms with van der Waals surface area (Å²) in [5.41, 5.74) is 10.4. The van der Waals surface area contributed by atoms with Crippen molar-refractivity contribution in [1.82, 2.24) is 19.8 Å². The van der Waals surface area contributed by atoms with Crippen molar-refractivity contribution in [3.05, 3.63) is 163 Å². The molecule has 2 heterocycles. The lowest BCUT2D eigenvalue weighted by molar-refractivity contribution is -0.145. The van der Waals surface area contributed by atoms with Crippen molar-refractivity contribution in [2.75, 3.05) is 40.4 Å². The molecule has 0 radical (unpaired) electrons. The summed E-state index contributed by atoms with van der Waals surface area (Å²) in [6, 6.07) is 21.1. The van der Waals surface area contributed by atoms with Crippen molar-refractivity contribution in [1.29, 1.82) is 0 Å². The van der Waals surface area contributed by atoms with Gasteiger partial charge < -0.3 is 39.4 Å². The summed E-state index contributed by atoms with van der Waals surface area (Å²) in [5.74, 6) is -0.368. The summed E-state index contributed by atoms with van der Waals surface area (Å²) >= 11 is 14.0. The van der Waals surface area contributed by atoms with Crippen molar-refractivity contribution in [3.8, 4) is 34.1 Å². The largest absolute Gasteiger partial charge is 0.488 e. The SMILES string of the molecule is CCCN(Cc1cc(Cl)c(OCc2cccc(-c3cccc(COc4cc(OCc5cncc(C=NC)c5)c(CN(CCC)[C@@H](CCO)C(=O)O)cc4Cl)c3C)c2C)cc1OCc1cncc(C=NC)c1)[C@@H](CCO)C(=O)O. The lowest BCUT2D eigenvalue weighted by Gasteiger charge is -2.29. The number of hydrogen-bond donors (Lipinski definition) is 4. The van der Waals surface area contributed by atoms with E-state index in [1.54, 1.807) is 75.6 Å². The van der Waals surface area contributed by atoms with Gasteiger partial charge in [0.2, 0.25) is 0 Å². The number of halogens is 2. The first-order valence-electron chi connectivity index (χ1n) is 25.9. The molecule has 0 saturated heterocycles. The van der Waals surface area contributed by atoms with Gasteiger partial charge >= 0.3 is 11.9 Å². The molecular weight excluding hydrogens is 1040 g/mol. The Labute approximate surface area is 467 Å². The number of carboxylic acid groups (broad SMARTS) is 2. The number of aliphatic hydroxyl groups is 2. The summed E-state index contributed by atoms with van der Waals surface area (Å²) in [4.78, 5) is 45.2. The molecule has 0 unspecified atom stereocenters. The number of carboxylic acids is 2. The lowest BCUT2D eigenvalue weighted by Crippen LogP contribution is -2.42. The maximum atomic E-state index is 12.4. The summed E-state index contributed by atoms with van der Waals surface area (Å²) in [7, 11) is 3.37. The Morgan fingerprint density at radius 3 is 1.33 bits per heavy atom. The number of aliphatic hydroxyl groups excluding tert-OH is 2. The second kappa shape index (κ2) is 30.3. The summed E-state index contributed by atoms with van der Waals surface area (Å²) in [6.07, 6.45) is 11.7. The highest BCUT2D eigenvalue weighted by Crippen LogP contribution is 2.38. The number of aromatic nitrogens is 2. The van der Waals surface area contributed by atoms with Crippen LogP contribution in [0.5, 0.6) is 23.0 Å². The van der Waals surface area contributed by atoms with Gasteiger partial charge in [0.05, 0.1) is 10.0 Å². The maximum Gasteiger partial charge on any atom is 0.321 e. The van der Waals surface area contributed by atoms with Crippen LogP contribution in [0.4, 0.5) is 0 Å². The first-order valence-corrected chi connectivity index (χ1v) is 26.7. The average Bonchev–Trinajstić information content (AvgIpc) is 3.41. The van der Waals surface area contributed by atoms with E-state index in [2.05, 4.69) is 32.1 Å². The third-order valence-electron chi connectivity index (χ3n) is 13.2. The van der Waals surface area contributed by atoms with Gasteiger partial charge in [0.25, 0.3) is 0 Å². The smallest absolute Gasteiger partial charge is 0.321 e. The molecule has 2 aromatic heterocycles. The third-order valence-corrected chi connectivity index (χ3v) is 13.8. The van der Waals surface area contributed by atoms with Crippen LogP contribution in [0.2, 0.25) is 10.0 Å². The fourth-order valence-electron chi connectivity index (χ4n) is 9.27. The minimum Gasteiger partial charge on any atom is -0.488 e. The van der Waals surface area contributed by atoms with E-state index in [1.165, 1.54) is 0 Å². The molecule has 0 spiro atoms. The van der Waals surface area contributed by atoms with Crippen LogP contribution in [-0.4, -0.2) is 117 Å². The Balaban J connectivity index is 1.25. The molecule has 16 nitrogen and oxygen atoms in total. The highest BCUT2D eigenvalue weighted by molar-refractivity contribution is 6.32. The van der Waals surface area contributed by atoms with Gasteiger partial charge in [-0.2, -0.15) is 0 Å². The quantitative estimate of drug-likeness (QED) is 0.0299. The van der Waals surface area contributed by atoms with E-state index in [0.29, 0.717) is 70.1 Å². The molecule has 0 amide bonds. The molecule has 0 aliphatic carbocycles. The van der Waals surface area contributed by atoms with Crippen molar-refractivity contribution >= 4 is 47.6 Å². The van der Waals surface area contributed by atoms with E-state index in [0.717, 1.165) is 55.6 Å². The average molecular weight is 1110 g/mol. The molecule has 78 heavy (non-hydrogen) atoms. The molecule has 414 valence electrons. The first kappa shape index (κ1) is 60.3. The van der Waals surface area contributed by atoms with Gasteiger partial charge in [-0.05, 0) is 110 Å². The van der Waals surface area contributed by atoms with Crippen LogP contribution in [0.1, 0.15) is 95.2 Å². The molecule has 6 rings (SSSR count). The van der Waals surface area contributed by atoms with E-state index in [1.807, 2.05) is 73.9 Å². The molecule has 2 atom stereocenters. The maximum absolute atomic E-state index is 12.4. The van der Waals surface area contributed by atoms with Crippen LogP contribution < -0.4 is 18.9 Å². The summed E-state index contributed by atoms with van der Waals surface area (Å²) in [5, 5.41) is 40.4. The van der Waals surface area contributed by atoms with Gasteiger partial charge in [-0.1, -0.05) is 73.4 Å². The van der Waals surface area contributed by atoms with E-state index in [-0.39, 0.29) is 65.6 Å². The third kappa shape index (κ3) is 16.6. The fourth-order valence-corrected chi connectivity index (χ4v) is 9.75. The highest BCUT2D eigenvalue weighted by atomic mass is 35.5. The zero-order chi connectivity index (χ0) is 56.1. The Kier molecular flexibility index (Phi) is 23.4. The molecule has 0 bridgehead atoms. The molecule has 4 N–H and O–H groups in total. The van der Waals surface area contributed by atoms with Gasteiger partial charge in [0, 0.05) is 123 Å². The number of ether oxygens (including phenoxy) is 4. The minimum absolute atomic E-state index is 0.0618. The predicted molar refractivity (Wildman–Crippen MR) is 305 cm³/mol. The van der Waals surface area contributed by atoms with Crippen LogP contribution >= 0.6 is 23.2 Å². The number of nitrogens with zero attached hydrogens (tertiary/aromatic N) is 6. The molecule has 4 aromatic carbocycles. The first-order chi connectivity index (χ1) is 37.7. The van der Waals surface area contributed by atoms with Crippen LogP contribution in [0, 0.1) is 13.8 Å². The zero-order valence-electron chi connectivity index (χ0n) is 45.1. The molecule has 6 aromatic rings. The number of hydrogen-bond acceptors (Lipinski definition) is 14. The standard InChI is InChI=1S/C60H70Cl2N6O10/c1-7-17-67(53(15-19-69)59(71)72)33-47-23-51(61)57(25-55(47)75-35-43-21-41(27-63-5)29-65-31-43)77-37-45-11-9-13-49(39(45)3)50-14-10-12-46(40(50)4)38-78-58-26-56(76-36-44-22-42(28-64-6)30-66-32-44)48(24-52(58)62)34-68(18-8-2)54(16-20-70)60(73)74/h9-14,21-32,53-54,69-70H,7-8,15-20,33-38H2,1-6H3,(H,71,72)(H,73,74)/t53-,54-/m0/s1. The van der Waals surface area contributed by atoms with Crippen molar-refractivity contribution in [2.45, 2.75) is 105 Å². The lowest BCUT2D eigenvalue weighted by atomic mass is 9.92. The number of aliphatic carboxylic acids is 2. The van der Waals surface area contributed by atoms with Gasteiger partial charge in [0.15, 0.2) is 0 Å². The second-order valence-corrected chi connectivity index (χ2v) is 19.6. The summed E-state index contributed by atoms with van der Waals surface area (Å²) < 4.78 is 25.9. The molecule has 0 fully saturated rings. The van der Waals surface area contributed by atoms with Crippen LogP contribution in [0.15, 0.2) is 108 Å². The van der Waals surface area contributed by atoms with Crippen LogP contribution in [0.25, 0.3) is 11.1 Å². The number of rotatable bonds is 31. The van der Waals surface area contributed by atoms with Crippen molar-refractivity contribution in [2.24, 2.45) is 9.98 Å². The predicted octanol–water partition coefficient (Wildman–Crippen LogP) is 10.6. The Bertz CT molecular complexity index is 2830. The van der Waals surface area contributed by atoms with Crippen molar-refractivity contribution < 1.29 is 49.0 Å². The number of carbonyl (C=O) groups is 2. The van der Waals surface area contributed by atoms with E-state index >= 15 is 0 Å². The van der Waals surface area contributed by atoms with E-state index < -0.39 is 24.0 Å². The highest BCUT2D eigenvalue weighted by Gasteiger charge is 2.28. The second-order valence-electron chi connectivity index (χ2n) is 18.8. The fraction of sp³-hybridized carbons (Fsp3) is 0.367. The minimum atomic E-state index is -1.02. The summed E-state index contributed by atoms with van der Waals surface area (Å²) in [6.45, 7) is 9.47. The molecule has 0 aliphatic rings. The zero-order valence-corrected chi connectivity index (χ0v) is 46.6.